The smallest absolute Gasteiger partial charge is 0.271 e. The Hall–Kier alpha value is -2.70. The lowest BCUT2D eigenvalue weighted by molar-refractivity contribution is 0.551. The summed E-state index contributed by atoms with van der Waals surface area (Å²) >= 11 is 0. The summed E-state index contributed by atoms with van der Waals surface area (Å²) in [6.45, 7) is 2.10. The maximum atomic E-state index is 13.3. The highest BCUT2D eigenvalue weighted by atomic mass is 32.3. The molecule has 1 aliphatic rings. The van der Waals surface area contributed by atoms with E-state index in [0.29, 0.717) is 23.6 Å². The fraction of sp³-hybridized carbons (Fsp3) is 0.409. The second-order valence-corrected chi connectivity index (χ2v) is 11.6. The molecule has 0 N–H and O–H groups in total. The van der Waals surface area contributed by atoms with Gasteiger partial charge in [0.15, 0.2) is 0 Å². The molecular formula is C22H26N4OS. The number of piperidine rings is 1. The molecule has 28 heavy (non-hydrogen) atoms. The van der Waals surface area contributed by atoms with E-state index in [-0.39, 0.29) is 5.56 Å². The van der Waals surface area contributed by atoms with Gasteiger partial charge in [-0.05, 0) is 60.8 Å². The van der Waals surface area contributed by atoms with Crippen LogP contribution in [-0.2, 0) is 6.54 Å². The molecule has 5 nitrogen and oxygen atoms in total. The zero-order valence-electron chi connectivity index (χ0n) is 16.7. The van der Waals surface area contributed by atoms with Gasteiger partial charge in [0.05, 0.1) is 24.4 Å². The molecule has 146 valence electrons. The van der Waals surface area contributed by atoms with Crippen LogP contribution in [0.2, 0.25) is 0 Å². The first-order chi connectivity index (χ1) is 13.4. The van der Waals surface area contributed by atoms with Crippen LogP contribution in [0.5, 0.6) is 0 Å². The lowest BCUT2D eigenvalue weighted by atomic mass is 10.1. The Morgan fingerprint density at radius 3 is 2.50 bits per heavy atom. The molecule has 2 heterocycles. The second-order valence-electron chi connectivity index (χ2n) is 7.74. The number of nitrogens with zero attached hydrogens (tertiary/aromatic N) is 4. The van der Waals surface area contributed by atoms with E-state index >= 15 is 0 Å². The molecule has 3 rings (SSSR count). The summed E-state index contributed by atoms with van der Waals surface area (Å²) in [6, 6.07) is 9.62. The Labute approximate surface area is 168 Å². The van der Waals surface area contributed by atoms with Crippen LogP contribution < -0.4 is 10.5 Å². The lowest BCUT2D eigenvalue weighted by Gasteiger charge is -2.29. The van der Waals surface area contributed by atoms with Crippen molar-refractivity contribution in [2.24, 2.45) is 0 Å². The number of benzene rings is 1. The molecule has 1 aromatic heterocycles. The summed E-state index contributed by atoms with van der Waals surface area (Å²) in [7, 11) is -1.04. The van der Waals surface area contributed by atoms with Gasteiger partial charge in [0, 0.05) is 13.1 Å². The maximum Gasteiger partial charge on any atom is 0.271 e. The Bertz CT molecular complexity index is 1010. The summed E-state index contributed by atoms with van der Waals surface area (Å²) in [6.07, 6.45) is 11.3. The highest BCUT2D eigenvalue weighted by Crippen LogP contribution is 2.32. The zero-order valence-corrected chi connectivity index (χ0v) is 17.6. The van der Waals surface area contributed by atoms with Crippen molar-refractivity contribution < 1.29 is 0 Å². The van der Waals surface area contributed by atoms with E-state index in [9.17, 15) is 10.1 Å². The van der Waals surface area contributed by atoms with Gasteiger partial charge in [0.25, 0.3) is 5.56 Å². The average molecular weight is 395 g/mol. The molecule has 1 aliphatic heterocycles. The minimum Gasteiger partial charge on any atom is -0.342 e. The Morgan fingerprint density at radius 1 is 1.11 bits per heavy atom. The van der Waals surface area contributed by atoms with Gasteiger partial charge in [-0.1, -0.05) is 18.2 Å². The number of hydrogen-bond acceptors (Lipinski definition) is 4. The Kier molecular flexibility index (Phi) is 6.11. The first kappa shape index (κ1) is 20.0. The van der Waals surface area contributed by atoms with Crippen LogP contribution in [-0.4, -0.2) is 41.4 Å². The van der Waals surface area contributed by atoms with Crippen molar-refractivity contribution in [3.8, 4) is 17.2 Å². The topological polar surface area (TPSA) is 61.9 Å². The van der Waals surface area contributed by atoms with Gasteiger partial charge in [0.1, 0.15) is 5.56 Å². The van der Waals surface area contributed by atoms with Crippen molar-refractivity contribution in [1.29, 1.82) is 5.26 Å². The standard InChI is InChI=1S/C22H26N4OS/c1-28(2,3)14-11-19-16-24-22(25-12-7-4-8-13-25)26(21(19)27)17-20-10-6-5-9-18(20)15-23/h5-6,9-10,16H,4,7-8,12-13,17H2,1-3H3. The zero-order chi connectivity index (χ0) is 20.1. The van der Waals surface area contributed by atoms with Crippen LogP contribution in [0, 0.1) is 22.5 Å². The molecule has 0 spiro atoms. The molecule has 0 radical (unpaired) electrons. The third-order valence-electron chi connectivity index (χ3n) is 4.62. The molecule has 0 amide bonds. The van der Waals surface area contributed by atoms with E-state index in [1.54, 1.807) is 16.8 Å². The van der Waals surface area contributed by atoms with Crippen LogP contribution in [0.25, 0.3) is 0 Å². The average Bonchev–Trinajstić information content (AvgIpc) is 2.69. The normalized spacial score (nSPS) is 14.7. The van der Waals surface area contributed by atoms with Crippen LogP contribution in [0.1, 0.15) is 36.0 Å². The monoisotopic (exact) mass is 394 g/mol. The molecule has 1 fully saturated rings. The van der Waals surface area contributed by atoms with Gasteiger partial charge < -0.3 is 4.90 Å². The van der Waals surface area contributed by atoms with Gasteiger partial charge in [-0.3, -0.25) is 9.36 Å². The van der Waals surface area contributed by atoms with E-state index < -0.39 is 10.0 Å². The Morgan fingerprint density at radius 2 is 1.82 bits per heavy atom. The van der Waals surface area contributed by atoms with E-state index in [1.165, 1.54) is 6.42 Å². The molecule has 0 unspecified atom stereocenters. The van der Waals surface area contributed by atoms with E-state index in [0.717, 1.165) is 31.5 Å². The molecular weight excluding hydrogens is 368 g/mol. The fourth-order valence-corrected chi connectivity index (χ4v) is 3.62. The van der Waals surface area contributed by atoms with Crippen molar-refractivity contribution in [3.63, 3.8) is 0 Å². The van der Waals surface area contributed by atoms with Gasteiger partial charge >= 0.3 is 0 Å². The summed E-state index contributed by atoms with van der Waals surface area (Å²) in [4.78, 5) is 20.1. The van der Waals surface area contributed by atoms with Crippen molar-refractivity contribution in [3.05, 3.63) is 57.5 Å². The quantitative estimate of drug-likeness (QED) is 0.750. The first-order valence-electron chi connectivity index (χ1n) is 9.43. The molecule has 2 aromatic rings. The number of anilines is 1. The third kappa shape index (κ3) is 4.77. The predicted molar refractivity (Wildman–Crippen MR) is 117 cm³/mol. The highest BCUT2D eigenvalue weighted by Gasteiger charge is 2.19. The van der Waals surface area contributed by atoms with Crippen molar-refractivity contribution in [2.75, 3.05) is 36.8 Å². The number of rotatable bonds is 3. The highest BCUT2D eigenvalue weighted by molar-refractivity contribution is 8.35. The van der Waals surface area contributed by atoms with Gasteiger partial charge in [-0.25, -0.2) is 4.98 Å². The largest absolute Gasteiger partial charge is 0.342 e. The van der Waals surface area contributed by atoms with Crippen molar-refractivity contribution >= 4 is 16.0 Å². The minimum absolute atomic E-state index is 0.139. The Balaban J connectivity index is 2.10. The fourth-order valence-electron chi connectivity index (χ4n) is 3.20. The summed E-state index contributed by atoms with van der Waals surface area (Å²) < 4.78 is 1.68. The third-order valence-corrected chi connectivity index (χ3v) is 5.34. The molecule has 0 atom stereocenters. The van der Waals surface area contributed by atoms with E-state index in [1.807, 2.05) is 18.2 Å². The van der Waals surface area contributed by atoms with Gasteiger partial charge in [-0.15, -0.1) is 0 Å². The second kappa shape index (κ2) is 8.54. The molecule has 0 saturated carbocycles. The van der Waals surface area contributed by atoms with Crippen LogP contribution in [0.15, 0.2) is 35.3 Å². The number of aromatic nitrogens is 2. The van der Waals surface area contributed by atoms with Crippen LogP contribution >= 0.6 is 10.0 Å². The van der Waals surface area contributed by atoms with E-state index in [2.05, 4.69) is 45.9 Å². The predicted octanol–water partition coefficient (Wildman–Crippen LogP) is 3.16. The summed E-state index contributed by atoms with van der Waals surface area (Å²) in [5.74, 6) is 3.72. The first-order valence-corrected chi connectivity index (χ1v) is 12.3. The maximum absolute atomic E-state index is 13.3. The van der Waals surface area contributed by atoms with Crippen molar-refractivity contribution in [1.82, 2.24) is 9.55 Å². The van der Waals surface area contributed by atoms with Gasteiger partial charge in [-0.2, -0.15) is 15.3 Å². The molecule has 0 bridgehead atoms. The molecule has 0 aliphatic carbocycles. The van der Waals surface area contributed by atoms with Crippen molar-refractivity contribution in [2.45, 2.75) is 25.8 Å². The summed E-state index contributed by atoms with van der Waals surface area (Å²) in [5.41, 5.74) is 1.67. The molecule has 1 saturated heterocycles. The molecule has 6 heteroatoms. The number of hydrogen-bond donors (Lipinski definition) is 0. The minimum atomic E-state index is -1.04. The SMILES string of the molecule is CS(C)(C)C#Cc1cnc(N2CCCCC2)n(Cc2ccccc2C#N)c1=O. The molecule has 1 aromatic carbocycles. The summed E-state index contributed by atoms with van der Waals surface area (Å²) in [5, 5.41) is 12.6. The number of nitriles is 1. The van der Waals surface area contributed by atoms with Crippen LogP contribution in [0.4, 0.5) is 5.95 Å². The van der Waals surface area contributed by atoms with E-state index in [4.69, 9.17) is 0 Å². The van der Waals surface area contributed by atoms with Gasteiger partial charge in [0.2, 0.25) is 5.95 Å². The van der Waals surface area contributed by atoms with Crippen LogP contribution in [0.3, 0.4) is 0 Å². The lowest BCUT2D eigenvalue weighted by Crippen LogP contribution is -2.37.